The maximum absolute atomic E-state index is 13.7. The molecule has 1 aliphatic heterocycles. The van der Waals surface area contributed by atoms with Gasteiger partial charge in [-0.15, -0.1) is 11.6 Å². The van der Waals surface area contributed by atoms with Crippen molar-refractivity contribution in [2.75, 3.05) is 5.88 Å². The van der Waals surface area contributed by atoms with Gasteiger partial charge in [-0.05, 0) is 61.1 Å². The molecule has 11 heteroatoms. The van der Waals surface area contributed by atoms with Gasteiger partial charge in [-0.1, -0.05) is 45.0 Å². The average molecular weight is 586 g/mol. The maximum Gasteiger partial charge on any atom is 0.352 e. The van der Waals surface area contributed by atoms with Crippen molar-refractivity contribution in [1.82, 2.24) is 13.9 Å². The SMILES string of the molecule is C[C@@H]1CC[C@]23C[C@H](O)C(=O)[C@@]2(O)[C@@]1(C)[C@H](OC(=O)CCl)C[C@@H](C1=CCn2c(=O)n(-c4ccccc4)c(=O)n2C1)[C@@H]3C. The average Bonchev–Trinajstić information content (AvgIpc) is 3.34. The topological polar surface area (TPSA) is 133 Å². The van der Waals surface area contributed by atoms with Gasteiger partial charge in [0.1, 0.15) is 23.7 Å². The van der Waals surface area contributed by atoms with Crippen LogP contribution in [-0.2, 0) is 27.4 Å². The maximum atomic E-state index is 13.7. The number of para-hydroxylation sites is 1. The molecule has 4 aliphatic rings. The van der Waals surface area contributed by atoms with Gasteiger partial charge in [0, 0.05) is 10.8 Å². The number of ether oxygens (including phenoxy) is 1. The van der Waals surface area contributed by atoms with Crippen LogP contribution in [0.2, 0.25) is 0 Å². The van der Waals surface area contributed by atoms with Crippen LogP contribution in [0.1, 0.15) is 46.5 Å². The molecule has 1 aromatic carbocycles. The number of fused-ring (bicyclic) bond motifs is 1. The Morgan fingerprint density at radius 2 is 1.80 bits per heavy atom. The van der Waals surface area contributed by atoms with Crippen molar-refractivity contribution in [3.8, 4) is 5.69 Å². The molecule has 10 nitrogen and oxygen atoms in total. The Balaban J connectivity index is 1.47. The number of nitrogens with zero attached hydrogens (tertiary/aromatic N) is 3. The lowest BCUT2D eigenvalue weighted by Gasteiger charge is -2.60. The number of carbonyl (C=O) groups excluding carboxylic acids is 2. The highest BCUT2D eigenvalue weighted by Gasteiger charge is 2.78. The summed E-state index contributed by atoms with van der Waals surface area (Å²) >= 11 is 5.85. The molecule has 41 heavy (non-hydrogen) atoms. The van der Waals surface area contributed by atoms with Gasteiger partial charge in [0.15, 0.2) is 5.78 Å². The Labute approximate surface area is 242 Å². The fourth-order valence-corrected chi connectivity index (χ4v) is 8.90. The molecule has 0 unspecified atom stereocenters. The number of aliphatic hydroxyl groups is 2. The molecule has 220 valence electrons. The summed E-state index contributed by atoms with van der Waals surface area (Å²) in [6, 6.07) is 8.75. The van der Waals surface area contributed by atoms with Gasteiger partial charge >= 0.3 is 17.3 Å². The van der Waals surface area contributed by atoms with E-state index < -0.39 is 51.8 Å². The molecule has 0 amide bonds. The van der Waals surface area contributed by atoms with E-state index in [1.165, 1.54) is 9.36 Å². The molecule has 8 atom stereocenters. The van der Waals surface area contributed by atoms with E-state index >= 15 is 0 Å². The lowest BCUT2D eigenvalue weighted by molar-refractivity contribution is -0.234. The summed E-state index contributed by atoms with van der Waals surface area (Å²) in [7, 11) is 0. The number of halogens is 1. The number of ketones is 1. The highest BCUT2D eigenvalue weighted by atomic mass is 35.5. The van der Waals surface area contributed by atoms with E-state index in [1.807, 2.05) is 26.0 Å². The highest BCUT2D eigenvalue weighted by Crippen LogP contribution is 2.70. The number of aromatic nitrogens is 3. The number of hydrogen-bond donors (Lipinski definition) is 2. The van der Waals surface area contributed by atoms with E-state index in [-0.39, 0.29) is 43.1 Å². The molecule has 2 bridgehead atoms. The molecule has 0 spiro atoms. The quantitative estimate of drug-likeness (QED) is 0.319. The van der Waals surface area contributed by atoms with Crippen molar-refractivity contribution < 1.29 is 24.5 Å². The molecule has 2 aromatic rings. The molecule has 3 aliphatic carbocycles. The second-order valence-corrected chi connectivity index (χ2v) is 12.8. The Kier molecular flexibility index (Phi) is 6.56. The fraction of sp³-hybridized carbons (Fsp3) is 0.600. The van der Waals surface area contributed by atoms with Crippen molar-refractivity contribution in [1.29, 1.82) is 0 Å². The minimum absolute atomic E-state index is 0.112. The molecule has 3 fully saturated rings. The van der Waals surface area contributed by atoms with Crippen LogP contribution in [0, 0.1) is 28.6 Å². The Morgan fingerprint density at radius 3 is 2.49 bits per heavy atom. The second-order valence-electron chi connectivity index (χ2n) is 12.6. The summed E-state index contributed by atoms with van der Waals surface area (Å²) in [5, 5.41) is 23.5. The van der Waals surface area contributed by atoms with E-state index in [4.69, 9.17) is 16.3 Å². The predicted molar refractivity (Wildman–Crippen MR) is 150 cm³/mol. The van der Waals surface area contributed by atoms with Crippen molar-refractivity contribution in [3.05, 3.63) is 62.9 Å². The van der Waals surface area contributed by atoms with Crippen LogP contribution in [0.4, 0.5) is 0 Å². The summed E-state index contributed by atoms with van der Waals surface area (Å²) in [6.45, 7) is 6.06. The molecular formula is C30H36ClN3O7. The Morgan fingerprint density at radius 1 is 1.12 bits per heavy atom. The summed E-state index contributed by atoms with van der Waals surface area (Å²) in [5.41, 5.74) is -3.61. The molecule has 2 heterocycles. The smallest absolute Gasteiger partial charge is 0.352 e. The van der Waals surface area contributed by atoms with Crippen LogP contribution in [-0.4, -0.2) is 59.6 Å². The van der Waals surface area contributed by atoms with E-state index in [9.17, 15) is 29.4 Å². The van der Waals surface area contributed by atoms with Crippen molar-refractivity contribution in [2.45, 2.75) is 77.4 Å². The summed E-state index contributed by atoms with van der Waals surface area (Å²) < 4.78 is 9.94. The zero-order chi connectivity index (χ0) is 29.5. The predicted octanol–water partition coefficient (Wildman–Crippen LogP) is 2.03. The highest BCUT2D eigenvalue weighted by molar-refractivity contribution is 6.26. The minimum Gasteiger partial charge on any atom is -0.461 e. The van der Waals surface area contributed by atoms with Gasteiger partial charge < -0.3 is 14.9 Å². The number of rotatable bonds is 4. The molecule has 1 aromatic heterocycles. The van der Waals surface area contributed by atoms with E-state index in [0.717, 1.165) is 10.1 Å². The first kappa shape index (κ1) is 28.2. The van der Waals surface area contributed by atoms with Crippen molar-refractivity contribution >= 4 is 23.4 Å². The zero-order valence-corrected chi connectivity index (χ0v) is 24.2. The van der Waals surface area contributed by atoms with E-state index in [0.29, 0.717) is 24.9 Å². The van der Waals surface area contributed by atoms with Gasteiger partial charge in [-0.25, -0.2) is 23.5 Å². The third kappa shape index (κ3) is 3.56. The van der Waals surface area contributed by atoms with Crippen LogP contribution < -0.4 is 11.4 Å². The number of benzene rings is 1. The van der Waals surface area contributed by atoms with Crippen LogP contribution in [0.25, 0.3) is 5.69 Å². The Bertz CT molecular complexity index is 1560. The van der Waals surface area contributed by atoms with Crippen LogP contribution in [0.5, 0.6) is 0 Å². The van der Waals surface area contributed by atoms with Crippen LogP contribution >= 0.6 is 11.6 Å². The van der Waals surface area contributed by atoms with E-state index in [1.54, 1.807) is 31.2 Å². The molecule has 0 saturated heterocycles. The number of allylic oxidation sites excluding steroid dienone is 2. The first-order chi connectivity index (χ1) is 19.4. The third-order valence-corrected chi connectivity index (χ3v) is 11.4. The van der Waals surface area contributed by atoms with E-state index in [2.05, 4.69) is 0 Å². The van der Waals surface area contributed by atoms with Crippen LogP contribution in [0.15, 0.2) is 51.6 Å². The summed E-state index contributed by atoms with van der Waals surface area (Å²) in [4.78, 5) is 53.1. The fourth-order valence-electron chi connectivity index (χ4n) is 8.84. The Hall–Kier alpha value is -2.95. The van der Waals surface area contributed by atoms with Crippen LogP contribution in [0.3, 0.4) is 0 Å². The van der Waals surface area contributed by atoms with Gasteiger partial charge in [0.2, 0.25) is 0 Å². The lowest BCUT2D eigenvalue weighted by atomic mass is 9.46. The molecule has 0 radical (unpaired) electrons. The minimum atomic E-state index is -1.92. The molecule has 6 rings (SSSR count). The van der Waals surface area contributed by atoms with Gasteiger partial charge in [0.05, 0.1) is 18.8 Å². The van der Waals surface area contributed by atoms with Gasteiger partial charge in [-0.3, -0.25) is 9.59 Å². The monoisotopic (exact) mass is 585 g/mol. The second kappa shape index (κ2) is 9.54. The number of aliphatic hydroxyl groups excluding tert-OH is 1. The van der Waals surface area contributed by atoms with Gasteiger partial charge in [0.25, 0.3) is 0 Å². The number of carbonyl (C=O) groups is 2. The van der Waals surface area contributed by atoms with Gasteiger partial charge in [-0.2, -0.15) is 0 Å². The van der Waals surface area contributed by atoms with Crippen molar-refractivity contribution in [3.63, 3.8) is 0 Å². The number of alkyl halides is 1. The summed E-state index contributed by atoms with van der Waals surface area (Å²) in [5.74, 6) is -2.45. The summed E-state index contributed by atoms with van der Waals surface area (Å²) in [6.07, 6.45) is 1.36. The largest absolute Gasteiger partial charge is 0.461 e. The normalized spacial score (nSPS) is 38.0. The number of Topliss-reactive ketones (excluding diaryl/α,β-unsaturated/α-hetero) is 1. The standard InChI is InChI=1S/C30H36ClN3O7/c1-17-9-11-29-14-22(35)25(37)30(29,40)28(17,3)23(41-24(36)15-31)13-21(18(29)2)19-10-12-32-26(38)34(27(39)33(32)16-19)20-7-5-4-6-8-20/h4-8,10,17-18,21-23,35,40H,9,11-16H2,1-3H3/t17-,18+,21-,22+,23-,28-,29-,30-/m1/s1. The van der Waals surface area contributed by atoms with Crippen molar-refractivity contribution in [2.24, 2.45) is 28.6 Å². The molecule has 2 N–H and O–H groups in total. The molecule has 3 saturated carbocycles. The lowest BCUT2D eigenvalue weighted by Crippen LogP contribution is -2.69. The molecular weight excluding hydrogens is 550 g/mol. The number of hydrogen-bond acceptors (Lipinski definition) is 7. The number of esters is 1. The first-order valence-corrected chi connectivity index (χ1v) is 14.8. The zero-order valence-electron chi connectivity index (χ0n) is 23.5. The first-order valence-electron chi connectivity index (χ1n) is 14.3. The third-order valence-electron chi connectivity index (χ3n) is 11.2.